The summed E-state index contributed by atoms with van der Waals surface area (Å²) < 4.78 is 0. The van der Waals surface area contributed by atoms with E-state index in [1.807, 2.05) is 19.1 Å². The first kappa shape index (κ1) is 15.1. The summed E-state index contributed by atoms with van der Waals surface area (Å²) >= 11 is 6.26. The van der Waals surface area contributed by atoms with Crippen molar-refractivity contribution >= 4 is 28.9 Å². The maximum absolute atomic E-state index is 11.9. The SMILES string of the molecule is CCNC1C(=O)Nc2cc(N(CC#N)CC#N)c(Cl)cc21. The first-order valence-corrected chi connectivity index (χ1v) is 6.86. The quantitative estimate of drug-likeness (QED) is 0.809. The van der Waals surface area contributed by atoms with Gasteiger partial charge in [-0.2, -0.15) is 10.5 Å². The molecule has 1 aliphatic heterocycles. The van der Waals surface area contributed by atoms with Crippen molar-refractivity contribution in [3.8, 4) is 12.1 Å². The Morgan fingerprint density at radius 1 is 1.38 bits per heavy atom. The predicted octanol–water partition coefficient (Wildman–Crippen LogP) is 1.80. The summed E-state index contributed by atoms with van der Waals surface area (Å²) in [6, 6.07) is 7.00. The molecule has 0 fully saturated rings. The summed E-state index contributed by atoms with van der Waals surface area (Å²) in [5.41, 5.74) is 2.01. The molecule has 7 heteroatoms. The maximum atomic E-state index is 11.9. The second-order valence-corrected chi connectivity index (χ2v) is 4.95. The minimum absolute atomic E-state index is 0.0522. The van der Waals surface area contributed by atoms with Crippen molar-refractivity contribution in [1.29, 1.82) is 10.5 Å². The number of carbonyl (C=O) groups excluding carboxylic acids is 1. The molecule has 0 spiro atoms. The molecule has 0 saturated carbocycles. The van der Waals surface area contributed by atoms with Crippen LogP contribution in [-0.2, 0) is 4.79 Å². The molecule has 1 aromatic rings. The molecule has 1 aromatic carbocycles. The van der Waals surface area contributed by atoms with Crippen LogP contribution in [0, 0.1) is 22.7 Å². The molecule has 1 amide bonds. The molecular weight excluding hydrogens is 290 g/mol. The normalized spacial score (nSPS) is 15.8. The predicted molar refractivity (Wildman–Crippen MR) is 79.9 cm³/mol. The van der Waals surface area contributed by atoms with Crippen molar-refractivity contribution in [2.24, 2.45) is 0 Å². The molecule has 2 N–H and O–H groups in total. The largest absolute Gasteiger partial charge is 0.344 e. The molecular formula is C14H14ClN5O. The number of likely N-dealkylation sites (N-methyl/N-ethyl adjacent to an activating group) is 1. The van der Waals surface area contributed by atoms with Crippen LogP contribution < -0.4 is 15.5 Å². The van der Waals surface area contributed by atoms with E-state index in [9.17, 15) is 4.79 Å². The monoisotopic (exact) mass is 303 g/mol. The number of fused-ring (bicyclic) bond motifs is 1. The Bertz CT molecular complexity index is 630. The van der Waals surface area contributed by atoms with Crippen LogP contribution in [0.4, 0.5) is 11.4 Å². The first-order valence-electron chi connectivity index (χ1n) is 6.48. The van der Waals surface area contributed by atoms with E-state index in [1.54, 1.807) is 17.0 Å². The number of anilines is 2. The number of nitrogens with one attached hydrogen (secondary N) is 2. The van der Waals surface area contributed by atoms with E-state index < -0.39 is 6.04 Å². The number of benzene rings is 1. The van der Waals surface area contributed by atoms with Gasteiger partial charge in [-0.1, -0.05) is 18.5 Å². The zero-order valence-corrected chi connectivity index (χ0v) is 12.2. The third-order valence-corrected chi connectivity index (χ3v) is 3.52. The van der Waals surface area contributed by atoms with E-state index >= 15 is 0 Å². The molecule has 1 heterocycles. The van der Waals surface area contributed by atoms with E-state index in [2.05, 4.69) is 10.6 Å². The molecule has 0 radical (unpaired) electrons. The molecule has 1 unspecified atom stereocenters. The second kappa shape index (κ2) is 6.45. The molecule has 0 saturated heterocycles. The van der Waals surface area contributed by atoms with Gasteiger partial charge >= 0.3 is 0 Å². The van der Waals surface area contributed by atoms with Crippen LogP contribution in [-0.4, -0.2) is 25.5 Å². The number of hydrogen-bond acceptors (Lipinski definition) is 5. The highest BCUT2D eigenvalue weighted by molar-refractivity contribution is 6.33. The molecule has 1 aliphatic rings. The number of halogens is 1. The third kappa shape index (κ3) is 2.92. The molecule has 0 aliphatic carbocycles. The van der Waals surface area contributed by atoms with Crippen LogP contribution in [0.2, 0.25) is 5.02 Å². The van der Waals surface area contributed by atoms with Crippen molar-refractivity contribution in [1.82, 2.24) is 5.32 Å². The third-order valence-electron chi connectivity index (χ3n) is 3.22. The summed E-state index contributed by atoms with van der Waals surface area (Å²) in [4.78, 5) is 13.5. The van der Waals surface area contributed by atoms with Gasteiger partial charge in [0.05, 0.1) is 22.8 Å². The lowest BCUT2D eigenvalue weighted by Crippen LogP contribution is -2.27. The minimum atomic E-state index is -0.420. The van der Waals surface area contributed by atoms with E-state index in [0.717, 1.165) is 5.56 Å². The van der Waals surface area contributed by atoms with Gasteiger partial charge in [0.2, 0.25) is 5.91 Å². The van der Waals surface area contributed by atoms with Crippen LogP contribution in [0.3, 0.4) is 0 Å². The second-order valence-electron chi connectivity index (χ2n) is 4.54. The number of nitrogens with zero attached hydrogens (tertiary/aromatic N) is 3. The van der Waals surface area contributed by atoms with E-state index in [1.165, 1.54) is 0 Å². The van der Waals surface area contributed by atoms with Crippen molar-refractivity contribution in [2.75, 3.05) is 29.9 Å². The van der Waals surface area contributed by atoms with Gasteiger partial charge in [-0.25, -0.2) is 0 Å². The standard InChI is InChI=1S/C14H14ClN5O/c1-2-18-13-9-7-10(15)12(8-11(9)19-14(13)21)20(5-3-16)6-4-17/h7-8,13,18H,2,5-6H2,1H3,(H,19,21). The molecule has 21 heavy (non-hydrogen) atoms. The summed E-state index contributed by atoms with van der Waals surface area (Å²) in [6.45, 7) is 2.68. The van der Waals surface area contributed by atoms with Gasteiger partial charge in [0.15, 0.2) is 0 Å². The highest BCUT2D eigenvalue weighted by Gasteiger charge is 2.31. The fourth-order valence-corrected chi connectivity index (χ4v) is 2.61. The first-order chi connectivity index (χ1) is 10.1. The summed E-state index contributed by atoms with van der Waals surface area (Å²) in [7, 11) is 0. The van der Waals surface area contributed by atoms with Crippen molar-refractivity contribution in [3.63, 3.8) is 0 Å². The van der Waals surface area contributed by atoms with Gasteiger partial charge < -0.3 is 15.5 Å². The number of nitriles is 2. The maximum Gasteiger partial charge on any atom is 0.246 e. The Labute approximate surface area is 127 Å². The smallest absolute Gasteiger partial charge is 0.246 e. The zero-order chi connectivity index (χ0) is 15.4. The number of carbonyl (C=O) groups is 1. The number of hydrogen-bond donors (Lipinski definition) is 2. The lowest BCUT2D eigenvalue weighted by molar-refractivity contribution is -0.117. The Hall–Kier alpha value is -2.28. The Morgan fingerprint density at radius 3 is 2.62 bits per heavy atom. The van der Waals surface area contributed by atoms with Crippen molar-refractivity contribution in [3.05, 3.63) is 22.7 Å². The summed E-state index contributed by atoms with van der Waals surface area (Å²) in [5, 5.41) is 24.0. The summed E-state index contributed by atoms with van der Waals surface area (Å²) in [5.74, 6) is -0.132. The van der Waals surface area contributed by atoms with E-state index in [-0.39, 0.29) is 19.0 Å². The van der Waals surface area contributed by atoms with Gasteiger partial charge in [-0.15, -0.1) is 0 Å². The Morgan fingerprint density at radius 2 is 2.05 bits per heavy atom. The van der Waals surface area contributed by atoms with Crippen molar-refractivity contribution < 1.29 is 4.79 Å². The fourth-order valence-electron chi connectivity index (χ4n) is 2.32. The Kier molecular flexibility index (Phi) is 4.64. The average molecular weight is 304 g/mol. The molecule has 1 atom stereocenters. The van der Waals surface area contributed by atoms with Gasteiger partial charge in [-0.05, 0) is 18.7 Å². The number of rotatable bonds is 5. The average Bonchev–Trinajstić information content (AvgIpc) is 2.74. The minimum Gasteiger partial charge on any atom is -0.344 e. The lowest BCUT2D eigenvalue weighted by Gasteiger charge is -2.20. The van der Waals surface area contributed by atoms with Crippen LogP contribution in [0.1, 0.15) is 18.5 Å². The molecule has 2 rings (SSSR count). The molecule has 6 nitrogen and oxygen atoms in total. The van der Waals surface area contributed by atoms with Gasteiger partial charge in [-0.3, -0.25) is 4.79 Å². The van der Waals surface area contributed by atoms with Gasteiger partial charge in [0, 0.05) is 11.3 Å². The van der Waals surface area contributed by atoms with Crippen LogP contribution in [0.5, 0.6) is 0 Å². The highest BCUT2D eigenvalue weighted by atomic mass is 35.5. The highest BCUT2D eigenvalue weighted by Crippen LogP contribution is 2.38. The van der Waals surface area contributed by atoms with Crippen molar-refractivity contribution in [2.45, 2.75) is 13.0 Å². The molecule has 108 valence electrons. The molecule has 0 aromatic heterocycles. The summed E-state index contributed by atoms with van der Waals surface area (Å²) in [6.07, 6.45) is 0. The lowest BCUT2D eigenvalue weighted by atomic mass is 10.1. The Balaban J connectivity index is 2.41. The van der Waals surface area contributed by atoms with Crippen LogP contribution in [0.25, 0.3) is 0 Å². The zero-order valence-electron chi connectivity index (χ0n) is 11.5. The van der Waals surface area contributed by atoms with Gasteiger partial charge in [0.1, 0.15) is 19.1 Å². The van der Waals surface area contributed by atoms with E-state index in [0.29, 0.717) is 22.9 Å². The molecule has 0 bridgehead atoms. The van der Waals surface area contributed by atoms with E-state index in [4.69, 9.17) is 22.1 Å². The topological polar surface area (TPSA) is 91.9 Å². The van der Waals surface area contributed by atoms with Gasteiger partial charge in [0.25, 0.3) is 0 Å². The fraction of sp³-hybridized carbons (Fsp3) is 0.357. The van der Waals surface area contributed by atoms with Crippen LogP contribution >= 0.6 is 11.6 Å². The van der Waals surface area contributed by atoms with Crippen LogP contribution in [0.15, 0.2) is 12.1 Å². The number of amides is 1.